The number of carbonyl (C=O) groups excluding carboxylic acids is 1. The molecule has 0 saturated heterocycles. The highest BCUT2D eigenvalue weighted by molar-refractivity contribution is 14.1. The number of fused-ring (bicyclic) bond motifs is 1. The standard InChI is InChI=1S/C18H15IO3/c19-15-8-5-13(6-9-15)16(20)10-7-14-3-1-4-17-18(14)22-12-2-11-21-17/h1,3-10H,2,11-12H2/b10-7+. The molecule has 0 saturated carbocycles. The number of benzene rings is 2. The summed E-state index contributed by atoms with van der Waals surface area (Å²) in [5.74, 6) is 1.43. The van der Waals surface area contributed by atoms with E-state index in [1.807, 2.05) is 42.5 Å². The molecule has 0 fully saturated rings. The molecule has 22 heavy (non-hydrogen) atoms. The van der Waals surface area contributed by atoms with E-state index in [-0.39, 0.29) is 5.78 Å². The molecule has 112 valence electrons. The summed E-state index contributed by atoms with van der Waals surface area (Å²) in [4.78, 5) is 12.2. The van der Waals surface area contributed by atoms with Gasteiger partial charge >= 0.3 is 0 Å². The summed E-state index contributed by atoms with van der Waals surface area (Å²) in [7, 11) is 0. The predicted octanol–water partition coefficient (Wildman–Crippen LogP) is 4.35. The van der Waals surface area contributed by atoms with E-state index in [9.17, 15) is 4.79 Å². The molecule has 3 rings (SSSR count). The number of ether oxygens (including phenoxy) is 2. The van der Waals surface area contributed by atoms with Crippen molar-refractivity contribution in [3.8, 4) is 11.5 Å². The van der Waals surface area contributed by atoms with Crippen LogP contribution in [0.2, 0.25) is 0 Å². The molecule has 3 nitrogen and oxygen atoms in total. The summed E-state index contributed by atoms with van der Waals surface area (Å²) in [6, 6.07) is 13.2. The van der Waals surface area contributed by atoms with Crippen LogP contribution in [-0.4, -0.2) is 19.0 Å². The monoisotopic (exact) mass is 406 g/mol. The van der Waals surface area contributed by atoms with Crippen molar-refractivity contribution < 1.29 is 14.3 Å². The molecule has 0 N–H and O–H groups in total. The quantitative estimate of drug-likeness (QED) is 0.432. The van der Waals surface area contributed by atoms with Crippen molar-refractivity contribution in [3.05, 3.63) is 63.2 Å². The first kappa shape index (κ1) is 15.1. The fourth-order valence-corrected chi connectivity index (χ4v) is 2.58. The molecule has 1 heterocycles. The van der Waals surface area contributed by atoms with Crippen LogP contribution in [0.15, 0.2) is 48.5 Å². The fraction of sp³-hybridized carbons (Fsp3) is 0.167. The van der Waals surface area contributed by atoms with Gasteiger partial charge in [-0.2, -0.15) is 0 Å². The van der Waals surface area contributed by atoms with Gasteiger partial charge in [-0.1, -0.05) is 24.3 Å². The molecule has 0 atom stereocenters. The number of hydrogen-bond donors (Lipinski definition) is 0. The third-order valence-corrected chi connectivity index (χ3v) is 4.06. The molecule has 0 aromatic heterocycles. The maximum Gasteiger partial charge on any atom is 0.185 e. The minimum atomic E-state index is -0.0245. The topological polar surface area (TPSA) is 35.5 Å². The molecule has 0 bridgehead atoms. The van der Waals surface area contributed by atoms with Crippen LogP contribution in [0.3, 0.4) is 0 Å². The summed E-state index contributed by atoms with van der Waals surface area (Å²) in [6.07, 6.45) is 4.22. The van der Waals surface area contributed by atoms with Crippen molar-refractivity contribution in [2.45, 2.75) is 6.42 Å². The second kappa shape index (κ2) is 6.96. The fourth-order valence-electron chi connectivity index (χ4n) is 2.22. The largest absolute Gasteiger partial charge is 0.490 e. The van der Waals surface area contributed by atoms with Crippen LogP contribution < -0.4 is 9.47 Å². The SMILES string of the molecule is O=C(/C=C/c1cccc2c1OCCCO2)c1ccc(I)cc1. The van der Waals surface area contributed by atoms with Crippen LogP contribution in [-0.2, 0) is 0 Å². The Labute approximate surface area is 143 Å². The lowest BCUT2D eigenvalue weighted by Crippen LogP contribution is -1.98. The second-order valence-corrected chi connectivity index (χ2v) is 6.18. The molecule has 1 aliphatic heterocycles. The Kier molecular flexibility index (Phi) is 4.77. The minimum absolute atomic E-state index is 0.0245. The van der Waals surface area contributed by atoms with Gasteiger partial charge in [-0.15, -0.1) is 0 Å². The molecule has 0 amide bonds. The van der Waals surface area contributed by atoms with Crippen LogP contribution in [0.25, 0.3) is 6.08 Å². The van der Waals surface area contributed by atoms with Crippen molar-refractivity contribution in [1.29, 1.82) is 0 Å². The van der Waals surface area contributed by atoms with Gasteiger partial charge in [0.1, 0.15) is 0 Å². The highest BCUT2D eigenvalue weighted by atomic mass is 127. The highest BCUT2D eigenvalue weighted by Gasteiger charge is 2.13. The molecule has 0 unspecified atom stereocenters. The number of halogens is 1. The maximum absolute atomic E-state index is 12.2. The van der Waals surface area contributed by atoms with Crippen LogP contribution in [0.4, 0.5) is 0 Å². The lowest BCUT2D eigenvalue weighted by Gasteiger charge is -2.09. The van der Waals surface area contributed by atoms with Crippen LogP contribution >= 0.6 is 22.6 Å². The van der Waals surface area contributed by atoms with Gasteiger partial charge in [-0.3, -0.25) is 4.79 Å². The van der Waals surface area contributed by atoms with E-state index in [0.29, 0.717) is 24.5 Å². The van der Waals surface area contributed by atoms with Crippen LogP contribution in [0.5, 0.6) is 11.5 Å². The number of ketones is 1. The van der Waals surface area contributed by atoms with E-state index < -0.39 is 0 Å². The Morgan fingerprint density at radius 1 is 1.05 bits per heavy atom. The van der Waals surface area contributed by atoms with Gasteiger partial charge in [0.15, 0.2) is 17.3 Å². The Hall–Kier alpha value is -1.82. The second-order valence-electron chi connectivity index (χ2n) is 4.93. The van der Waals surface area contributed by atoms with Gasteiger partial charge < -0.3 is 9.47 Å². The highest BCUT2D eigenvalue weighted by Crippen LogP contribution is 2.34. The smallest absolute Gasteiger partial charge is 0.185 e. The average Bonchev–Trinajstić information content (AvgIpc) is 2.79. The van der Waals surface area contributed by atoms with Gasteiger partial charge in [0.05, 0.1) is 13.2 Å². The van der Waals surface area contributed by atoms with Crippen molar-refractivity contribution in [2.75, 3.05) is 13.2 Å². The molecule has 0 spiro atoms. The zero-order valence-electron chi connectivity index (χ0n) is 11.9. The van der Waals surface area contributed by atoms with E-state index in [1.165, 1.54) is 0 Å². The normalized spacial score (nSPS) is 13.9. The molecule has 1 aliphatic rings. The predicted molar refractivity (Wildman–Crippen MR) is 94.6 cm³/mol. The molecule has 0 radical (unpaired) electrons. The third kappa shape index (κ3) is 3.50. The summed E-state index contributed by atoms with van der Waals surface area (Å²) in [6.45, 7) is 1.28. The van der Waals surface area contributed by atoms with E-state index in [2.05, 4.69) is 22.6 Å². The first-order valence-electron chi connectivity index (χ1n) is 7.10. The zero-order chi connectivity index (χ0) is 15.4. The summed E-state index contributed by atoms with van der Waals surface area (Å²) >= 11 is 2.22. The minimum Gasteiger partial charge on any atom is -0.490 e. The Morgan fingerprint density at radius 3 is 2.64 bits per heavy atom. The van der Waals surface area contributed by atoms with Crippen molar-refractivity contribution in [3.63, 3.8) is 0 Å². The van der Waals surface area contributed by atoms with Gasteiger partial charge in [-0.25, -0.2) is 0 Å². The van der Waals surface area contributed by atoms with Crippen molar-refractivity contribution >= 4 is 34.5 Å². The van der Waals surface area contributed by atoms with Crippen molar-refractivity contribution in [1.82, 2.24) is 0 Å². The number of rotatable bonds is 3. The van der Waals surface area contributed by atoms with E-state index >= 15 is 0 Å². The number of hydrogen-bond acceptors (Lipinski definition) is 3. The summed E-state index contributed by atoms with van der Waals surface area (Å²) < 4.78 is 12.5. The summed E-state index contributed by atoms with van der Waals surface area (Å²) in [5.41, 5.74) is 1.54. The van der Waals surface area contributed by atoms with Gasteiger partial charge in [0.25, 0.3) is 0 Å². The van der Waals surface area contributed by atoms with Crippen LogP contribution in [0.1, 0.15) is 22.3 Å². The van der Waals surface area contributed by atoms with Gasteiger partial charge in [0.2, 0.25) is 0 Å². The third-order valence-electron chi connectivity index (χ3n) is 3.35. The number of carbonyl (C=O) groups is 1. The van der Waals surface area contributed by atoms with Crippen LogP contribution in [0, 0.1) is 3.57 Å². The number of para-hydroxylation sites is 1. The van der Waals surface area contributed by atoms with Gasteiger partial charge in [0, 0.05) is 21.1 Å². The molecule has 0 aliphatic carbocycles. The lowest BCUT2D eigenvalue weighted by atomic mass is 10.1. The summed E-state index contributed by atoms with van der Waals surface area (Å²) in [5, 5.41) is 0. The Bertz CT molecular complexity index is 705. The Morgan fingerprint density at radius 2 is 1.82 bits per heavy atom. The first-order chi connectivity index (χ1) is 10.7. The van der Waals surface area contributed by atoms with E-state index in [4.69, 9.17) is 9.47 Å². The number of allylic oxidation sites excluding steroid dienone is 1. The molecule has 2 aromatic carbocycles. The van der Waals surface area contributed by atoms with E-state index in [0.717, 1.165) is 21.3 Å². The molecule has 4 heteroatoms. The maximum atomic E-state index is 12.2. The van der Waals surface area contributed by atoms with Crippen molar-refractivity contribution in [2.24, 2.45) is 0 Å². The first-order valence-corrected chi connectivity index (χ1v) is 8.18. The average molecular weight is 406 g/mol. The lowest BCUT2D eigenvalue weighted by molar-refractivity contribution is 0.104. The Balaban J connectivity index is 1.83. The van der Waals surface area contributed by atoms with Gasteiger partial charge in [-0.05, 0) is 52.9 Å². The van der Waals surface area contributed by atoms with E-state index in [1.54, 1.807) is 12.2 Å². The molecular weight excluding hydrogens is 391 g/mol. The molecule has 2 aromatic rings. The zero-order valence-corrected chi connectivity index (χ0v) is 14.1. The molecular formula is C18H15IO3.